The Morgan fingerprint density at radius 1 is 1.30 bits per heavy atom. The number of rotatable bonds is 10. The van der Waals surface area contributed by atoms with Crippen LogP contribution in [0.4, 0.5) is 0 Å². The van der Waals surface area contributed by atoms with Crippen molar-refractivity contribution < 1.29 is 14.3 Å². The van der Waals surface area contributed by atoms with Gasteiger partial charge in [-0.3, -0.25) is 15.0 Å². The third-order valence-corrected chi connectivity index (χ3v) is 3.15. The molecule has 0 bridgehead atoms. The molecule has 0 fully saturated rings. The Bertz CT molecular complexity index is 481. The lowest BCUT2D eigenvalue weighted by Crippen LogP contribution is -2.44. The van der Waals surface area contributed by atoms with Crippen molar-refractivity contribution in [2.75, 3.05) is 20.1 Å². The molecule has 5 N–H and O–H groups in total. The van der Waals surface area contributed by atoms with Gasteiger partial charge in [-0.1, -0.05) is 30.3 Å². The number of hydrogen-bond donors (Lipinski definition) is 3. The van der Waals surface area contributed by atoms with Gasteiger partial charge in [-0.2, -0.15) is 0 Å². The van der Waals surface area contributed by atoms with E-state index >= 15 is 0 Å². The van der Waals surface area contributed by atoms with E-state index in [9.17, 15) is 9.59 Å². The molecule has 128 valence electrons. The molecular formula is C16H26N4O3. The zero-order valence-electron chi connectivity index (χ0n) is 13.5. The molecular weight excluding hydrogens is 296 g/mol. The number of likely N-dealkylation sites (N-methyl/N-ethyl adjacent to an activating group) is 1. The van der Waals surface area contributed by atoms with Crippen LogP contribution in [0.1, 0.15) is 24.8 Å². The van der Waals surface area contributed by atoms with Crippen LogP contribution in [0, 0.1) is 0 Å². The zero-order valence-corrected chi connectivity index (χ0v) is 13.5. The predicted molar refractivity (Wildman–Crippen MR) is 87.9 cm³/mol. The second kappa shape index (κ2) is 10.7. The molecule has 1 aromatic rings. The number of carbonyl (C=O) groups excluding carboxylic acids is 2. The summed E-state index contributed by atoms with van der Waals surface area (Å²) in [7, 11) is 1.60. The summed E-state index contributed by atoms with van der Waals surface area (Å²) >= 11 is 0. The maximum Gasteiger partial charge on any atom is 0.322 e. The van der Waals surface area contributed by atoms with Crippen LogP contribution >= 0.6 is 0 Å². The fraction of sp³-hybridized carbons (Fsp3) is 0.500. The van der Waals surface area contributed by atoms with E-state index in [0.29, 0.717) is 13.0 Å². The number of nitrogens with zero attached hydrogens (tertiary/aromatic N) is 1. The lowest BCUT2D eigenvalue weighted by molar-refractivity contribution is -0.147. The first-order chi connectivity index (χ1) is 11.0. The lowest BCUT2D eigenvalue weighted by Gasteiger charge is -2.18. The van der Waals surface area contributed by atoms with Gasteiger partial charge in [0.15, 0.2) is 0 Å². The summed E-state index contributed by atoms with van der Waals surface area (Å²) < 4.78 is 5.14. The van der Waals surface area contributed by atoms with Gasteiger partial charge in [0, 0.05) is 19.5 Å². The van der Waals surface area contributed by atoms with Crippen LogP contribution in [0.5, 0.6) is 0 Å². The molecule has 1 rings (SSSR count). The molecule has 1 amide bonds. The van der Waals surface area contributed by atoms with E-state index in [-0.39, 0.29) is 31.5 Å². The summed E-state index contributed by atoms with van der Waals surface area (Å²) in [6.07, 6.45) is 1.69. The van der Waals surface area contributed by atoms with Gasteiger partial charge in [-0.15, -0.1) is 0 Å². The Morgan fingerprint density at radius 3 is 2.65 bits per heavy atom. The highest BCUT2D eigenvalue weighted by molar-refractivity contribution is 5.77. The summed E-state index contributed by atoms with van der Waals surface area (Å²) in [5.41, 5.74) is 14.7. The summed E-state index contributed by atoms with van der Waals surface area (Å²) in [6, 6.07) is 9.18. The number of carbonyl (C=O) groups is 2. The van der Waals surface area contributed by atoms with Gasteiger partial charge in [0.05, 0.1) is 0 Å². The van der Waals surface area contributed by atoms with Crippen LogP contribution in [0.3, 0.4) is 0 Å². The number of esters is 1. The molecule has 1 aromatic carbocycles. The fourth-order valence-corrected chi connectivity index (χ4v) is 2.00. The largest absolute Gasteiger partial charge is 0.460 e. The minimum Gasteiger partial charge on any atom is -0.460 e. The second-order valence-corrected chi connectivity index (χ2v) is 5.43. The number of hydrazine groups is 1. The Kier molecular flexibility index (Phi) is 8.89. The highest BCUT2D eigenvalue weighted by Crippen LogP contribution is 2.01. The van der Waals surface area contributed by atoms with Gasteiger partial charge in [0.1, 0.15) is 13.2 Å². The third-order valence-electron chi connectivity index (χ3n) is 3.15. The van der Waals surface area contributed by atoms with Crippen molar-refractivity contribution in [1.29, 1.82) is 0 Å². The van der Waals surface area contributed by atoms with E-state index in [4.69, 9.17) is 16.2 Å². The van der Waals surface area contributed by atoms with Crippen molar-refractivity contribution >= 4 is 11.9 Å². The molecule has 23 heavy (non-hydrogen) atoms. The SMILES string of the molecule is CN(CC(=O)OCc1ccccc1)NC(=O)C[C@@H](N)CCCN. The molecule has 0 aliphatic carbocycles. The summed E-state index contributed by atoms with van der Waals surface area (Å²) in [5, 5.41) is 1.39. The molecule has 0 aliphatic heterocycles. The van der Waals surface area contributed by atoms with Gasteiger partial charge in [0.25, 0.3) is 0 Å². The highest BCUT2D eigenvalue weighted by Gasteiger charge is 2.13. The van der Waals surface area contributed by atoms with E-state index in [2.05, 4.69) is 5.43 Å². The summed E-state index contributed by atoms with van der Waals surface area (Å²) in [5.74, 6) is -0.642. The summed E-state index contributed by atoms with van der Waals surface area (Å²) in [6.45, 7) is 0.741. The first kappa shape index (κ1) is 19.1. The molecule has 7 nitrogen and oxygen atoms in total. The van der Waals surface area contributed by atoms with Crippen molar-refractivity contribution in [1.82, 2.24) is 10.4 Å². The van der Waals surface area contributed by atoms with Crippen LogP contribution in [-0.2, 0) is 20.9 Å². The second-order valence-electron chi connectivity index (χ2n) is 5.43. The van der Waals surface area contributed by atoms with Crippen molar-refractivity contribution in [3.63, 3.8) is 0 Å². The number of amides is 1. The number of nitrogens with one attached hydrogen (secondary N) is 1. The molecule has 1 atom stereocenters. The van der Waals surface area contributed by atoms with Crippen LogP contribution in [0.25, 0.3) is 0 Å². The van der Waals surface area contributed by atoms with Gasteiger partial charge in [-0.05, 0) is 24.9 Å². The molecule has 0 spiro atoms. The van der Waals surface area contributed by atoms with Crippen LogP contribution < -0.4 is 16.9 Å². The van der Waals surface area contributed by atoms with E-state index in [0.717, 1.165) is 12.0 Å². The smallest absolute Gasteiger partial charge is 0.322 e. The minimum absolute atomic E-state index is 0.0311. The van der Waals surface area contributed by atoms with Crippen molar-refractivity contribution in [2.45, 2.75) is 31.9 Å². The van der Waals surface area contributed by atoms with E-state index in [1.807, 2.05) is 30.3 Å². The molecule has 0 heterocycles. The van der Waals surface area contributed by atoms with Gasteiger partial charge >= 0.3 is 5.97 Å². The predicted octanol–water partition coefficient (Wildman–Crippen LogP) is 0.149. The van der Waals surface area contributed by atoms with Crippen molar-refractivity contribution in [2.24, 2.45) is 11.5 Å². The quantitative estimate of drug-likeness (QED) is 0.418. The summed E-state index contributed by atoms with van der Waals surface area (Å²) in [4.78, 5) is 23.5. The number of benzene rings is 1. The molecule has 0 unspecified atom stereocenters. The number of hydrogen-bond acceptors (Lipinski definition) is 6. The average molecular weight is 322 g/mol. The zero-order chi connectivity index (χ0) is 17.1. The first-order valence-electron chi connectivity index (χ1n) is 7.67. The third kappa shape index (κ3) is 8.92. The van der Waals surface area contributed by atoms with E-state index < -0.39 is 5.97 Å². The molecule has 0 aliphatic rings. The fourth-order valence-electron chi connectivity index (χ4n) is 2.00. The topological polar surface area (TPSA) is 111 Å². The van der Waals surface area contributed by atoms with Crippen LogP contribution in [0.2, 0.25) is 0 Å². The van der Waals surface area contributed by atoms with Crippen molar-refractivity contribution in [3.8, 4) is 0 Å². The number of nitrogens with two attached hydrogens (primary N) is 2. The van der Waals surface area contributed by atoms with E-state index in [1.54, 1.807) is 7.05 Å². The Hall–Kier alpha value is -1.96. The van der Waals surface area contributed by atoms with Gasteiger partial charge in [0.2, 0.25) is 5.91 Å². The maximum absolute atomic E-state index is 11.8. The van der Waals surface area contributed by atoms with E-state index in [1.165, 1.54) is 5.01 Å². The van der Waals surface area contributed by atoms with Crippen LogP contribution in [-0.4, -0.2) is 43.1 Å². The normalized spacial score (nSPS) is 12.0. The maximum atomic E-state index is 11.8. The monoisotopic (exact) mass is 322 g/mol. The van der Waals surface area contributed by atoms with Gasteiger partial charge < -0.3 is 16.2 Å². The Labute approximate surface area is 136 Å². The molecule has 0 radical (unpaired) electrons. The van der Waals surface area contributed by atoms with Crippen LogP contribution in [0.15, 0.2) is 30.3 Å². The van der Waals surface area contributed by atoms with Gasteiger partial charge in [-0.25, -0.2) is 5.01 Å². The first-order valence-corrected chi connectivity index (χ1v) is 7.67. The lowest BCUT2D eigenvalue weighted by atomic mass is 10.1. The molecule has 0 aromatic heterocycles. The minimum atomic E-state index is -0.413. The van der Waals surface area contributed by atoms with Crippen molar-refractivity contribution in [3.05, 3.63) is 35.9 Å². The Balaban J connectivity index is 2.22. The number of ether oxygens (including phenoxy) is 1. The average Bonchev–Trinajstić information content (AvgIpc) is 2.51. The standard InChI is InChI=1S/C16H26N4O3/c1-20(19-15(21)10-14(18)8-5-9-17)11-16(22)23-12-13-6-3-2-4-7-13/h2-4,6-7,14H,5,8-12,17-18H2,1H3,(H,19,21)/t14-/m0/s1. The highest BCUT2D eigenvalue weighted by atomic mass is 16.5. The molecule has 0 saturated carbocycles. The molecule has 0 saturated heterocycles. The molecule has 7 heteroatoms. The Morgan fingerprint density at radius 2 is 2.00 bits per heavy atom.